The van der Waals surface area contributed by atoms with Crippen LogP contribution in [0.5, 0.6) is 0 Å². The third kappa shape index (κ3) is 3.74. The highest BCUT2D eigenvalue weighted by Crippen LogP contribution is 2.39. The van der Waals surface area contributed by atoms with Crippen LogP contribution < -0.4 is 5.32 Å². The van der Waals surface area contributed by atoms with Crippen LogP contribution in [0, 0.1) is 5.92 Å². The fourth-order valence-corrected chi connectivity index (χ4v) is 1.87. The van der Waals surface area contributed by atoms with Gasteiger partial charge in [-0.15, -0.1) is 0 Å². The Morgan fingerprint density at radius 1 is 1.47 bits per heavy atom. The molecule has 1 aliphatic carbocycles. The van der Waals surface area contributed by atoms with Crippen molar-refractivity contribution in [3.63, 3.8) is 0 Å². The van der Waals surface area contributed by atoms with E-state index in [-0.39, 0.29) is 18.2 Å². The van der Waals surface area contributed by atoms with Gasteiger partial charge in [0.2, 0.25) is 0 Å². The lowest BCUT2D eigenvalue weighted by molar-refractivity contribution is -0.00427. The standard InChI is InChI=1S/C12H25NO2/c1-4-7-13-12(8-14,11-5-6-11)9-15-10(2)3/h10-11,13-14H,4-9H2,1-3H3. The van der Waals surface area contributed by atoms with Gasteiger partial charge in [-0.2, -0.15) is 0 Å². The minimum absolute atomic E-state index is 0.180. The maximum Gasteiger partial charge on any atom is 0.0679 e. The molecule has 2 N–H and O–H groups in total. The Hall–Kier alpha value is -0.120. The average Bonchev–Trinajstić information content (AvgIpc) is 3.03. The number of aliphatic hydroxyl groups is 1. The van der Waals surface area contributed by atoms with E-state index in [4.69, 9.17) is 4.74 Å². The molecule has 1 saturated carbocycles. The topological polar surface area (TPSA) is 41.5 Å². The van der Waals surface area contributed by atoms with E-state index in [0.29, 0.717) is 12.5 Å². The van der Waals surface area contributed by atoms with E-state index in [0.717, 1.165) is 13.0 Å². The molecule has 3 heteroatoms. The zero-order valence-electron chi connectivity index (χ0n) is 10.3. The summed E-state index contributed by atoms with van der Waals surface area (Å²) in [4.78, 5) is 0. The van der Waals surface area contributed by atoms with Crippen molar-refractivity contribution in [2.75, 3.05) is 19.8 Å². The summed E-state index contributed by atoms with van der Waals surface area (Å²) >= 11 is 0. The van der Waals surface area contributed by atoms with Gasteiger partial charge in [0, 0.05) is 0 Å². The molecule has 0 aliphatic heterocycles. The Bertz CT molecular complexity index is 180. The summed E-state index contributed by atoms with van der Waals surface area (Å²) in [5.41, 5.74) is -0.180. The molecule has 0 aromatic rings. The van der Waals surface area contributed by atoms with E-state index in [1.54, 1.807) is 0 Å². The largest absolute Gasteiger partial charge is 0.394 e. The van der Waals surface area contributed by atoms with Crippen LogP contribution in [-0.2, 0) is 4.74 Å². The Balaban J connectivity index is 2.48. The number of aliphatic hydroxyl groups excluding tert-OH is 1. The van der Waals surface area contributed by atoms with Crippen LogP contribution in [-0.4, -0.2) is 36.5 Å². The molecule has 90 valence electrons. The number of hydrogen-bond acceptors (Lipinski definition) is 3. The molecule has 0 amide bonds. The van der Waals surface area contributed by atoms with Gasteiger partial charge in [-0.1, -0.05) is 6.92 Å². The molecule has 0 spiro atoms. The maximum atomic E-state index is 9.58. The van der Waals surface area contributed by atoms with Crippen LogP contribution in [0.15, 0.2) is 0 Å². The van der Waals surface area contributed by atoms with Crippen molar-refractivity contribution in [1.82, 2.24) is 5.32 Å². The van der Waals surface area contributed by atoms with Crippen molar-refractivity contribution >= 4 is 0 Å². The van der Waals surface area contributed by atoms with E-state index in [1.807, 2.05) is 13.8 Å². The van der Waals surface area contributed by atoms with E-state index >= 15 is 0 Å². The minimum atomic E-state index is -0.180. The number of hydrogen-bond donors (Lipinski definition) is 2. The van der Waals surface area contributed by atoms with Gasteiger partial charge in [0.05, 0.1) is 24.9 Å². The molecule has 0 aromatic heterocycles. The first-order valence-corrected chi connectivity index (χ1v) is 6.12. The van der Waals surface area contributed by atoms with Crippen LogP contribution in [0.3, 0.4) is 0 Å². The van der Waals surface area contributed by atoms with Gasteiger partial charge in [-0.3, -0.25) is 0 Å². The van der Waals surface area contributed by atoms with Crippen molar-refractivity contribution in [2.45, 2.75) is 51.7 Å². The third-order valence-corrected chi connectivity index (χ3v) is 3.04. The van der Waals surface area contributed by atoms with Gasteiger partial charge in [0.25, 0.3) is 0 Å². The highest BCUT2D eigenvalue weighted by molar-refractivity contribution is 5.01. The number of rotatable bonds is 8. The quantitative estimate of drug-likeness (QED) is 0.645. The molecule has 0 bridgehead atoms. The fourth-order valence-electron chi connectivity index (χ4n) is 1.87. The molecule has 0 radical (unpaired) electrons. The summed E-state index contributed by atoms with van der Waals surface area (Å²) in [6.07, 6.45) is 3.77. The molecule has 1 fully saturated rings. The summed E-state index contributed by atoms with van der Waals surface area (Å²) in [5, 5.41) is 13.1. The molecule has 3 nitrogen and oxygen atoms in total. The molecule has 15 heavy (non-hydrogen) atoms. The first-order chi connectivity index (χ1) is 7.14. The maximum absolute atomic E-state index is 9.58. The lowest BCUT2D eigenvalue weighted by Gasteiger charge is -2.34. The van der Waals surface area contributed by atoms with Crippen LogP contribution >= 0.6 is 0 Å². The van der Waals surface area contributed by atoms with E-state index in [9.17, 15) is 5.11 Å². The lowest BCUT2D eigenvalue weighted by atomic mass is 9.95. The average molecular weight is 215 g/mol. The zero-order valence-corrected chi connectivity index (χ0v) is 10.3. The first-order valence-electron chi connectivity index (χ1n) is 6.12. The molecular formula is C12H25NO2. The second-order valence-electron chi connectivity index (χ2n) is 4.88. The van der Waals surface area contributed by atoms with Gasteiger partial charge >= 0.3 is 0 Å². The van der Waals surface area contributed by atoms with Crippen LogP contribution in [0.4, 0.5) is 0 Å². The molecule has 0 heterocycles. The predicted octanol–water partition coefficient (Wildman–Crippen LogP) is 1.55. The van der Waals surface area contributed by atoms with Crippen LogP contribution in [0.25, 0.3) is 0 Å². The van der Waals surface area contributed by atoms with Gasteiger partial charge in [-0.05, 0) is 45.6 Å². The predicted molar refractivity (Wildman–Crippen MR) is 61.9 cm³/mol. The zero-order chi connectivity index (χ0) is 11.3. The molecule has 0 aromatic carbocycles. The summed E-state index contributed by atoms with van der Waals surface area (Å²) < 4.78 is 5.67. The van der Waals surface area contributed by atoms with E-state index in [2.05, 4.69) is 12.2 Å². The Labute approximate surface area is 93.2 Å². The Morgan fingerprint density at radius 2 is 2.13 bits per heavy atom. The fraction of sp³-hybridized carbons (Fsp3) is 1.00. The highest BCUT2D eigenvalue weighted by Gasteiger charge is 2.44. The molecule has 0 saturated heterocycles. The van der Waals surface area contributed by atoms with E-state index < -0.39 is 0 Å². The highest BCUT2D eigenvalue weighted by atomic mass is 16.5. The molecule has 1 unspecified atom stereocenters. The van der Waals surface area contributed by atoms with Gasteiger partial charge in [0.1, 0.15) is 0 Å². The summed E-state index contributed by atoms with van der Waals surface area (Å²) in [6, 6.07) is 0. The van der Waals surface area contributed by atoms with Gasteiger partial charge in [0.15, 0.2) is 0 Å². The summed E-state index contributed by atoms with van der Waals surface area (Å²) in [5.74, 6) is 0.604. The van der Waals surface area contributed by atoms with Gasteiger partial charge in [-0.25, -0.2) is 0 Å². The molecule has 1 aliphatic rings. The molecular weight excluding hydrogens is 190 g/mol. The second-order valence-corrected chi connectivity index (χ2v) is 4.88. The minimum Gasteiger partial charge on any atom is -0.394 e. The SMILES string of the molecule is CCCNC(CO)(COC(C)C)C1CC1. The van der Waals surface area contributed by atoms with Gasteiger partial charge < -0.3 is 15.2 Å². The van der Waals surface area contributed by atoms with Crippen molar-refractivity contribution < 1.29 is 9.84 Å². The third-order valence-electron chi connectivity index (χ3n) is 3.04. The normalized spacial score (nSPS) is 20.6. The van der Waals surface area contributed by atoms with Crippen LogP contribution in [0.1, 0.15) is 40.0 Å². The summed E-state index contributed by atoms with van der Waals surface area (Å²) in [7, 11) is 0. The van der Waals surface area contributed by atoms with Crippen LogP contribution in [0.2, 0.25) is 0 Å². The molecule has 1 rings (SSSR count). The lowest BCUT2D eigenvalue weighted by Crippen LogP contribution is -2.55. The van der Waals surface area contributed by atoms with Crippen molar-refractivity contribution in [2.24, 2.45) is 5.92 Å². The summed E-state index contributed by atoms with van der Waals surface area (Å²) in [6.45, 7) is 7.99. The number of ether oxygens (including phenoxy) is 1. The first kappa shape index (κ1) is 12.9. The second kappa shape index (κ2) is 5.83. The monoisotopic (exact) mass is 215 g/mol. The van der Waals surface area contributed by atoms with Crippen molar-refractivity contribution in [3.8, 4) is 0 Å². The van der Waals surface area contributed by atoms with Crippen molar-refractivity contribution in [3.05, 3.63) is 0 Å². The Kier molecular flexibility index (Phi) is 5.03. The molecule has 1 atom stereocenters. The smallest absolute Gasteiger partial charge is 0.0679 e. The number of nitrogens with one attached hydrogen (secondary N) is 1. The van der Waals surface area contributed by atoms with E-state index in [1.165, 1.54) is 12.8 Å². The van der Waals surface area contributed by atoms with Crippen molar-refractivity contribution in [1.29, 1.82) is 0 Å². The Morgan fingerprint density at radius 3 is 2.53 bits per heavy atom.